The third-order valence-corrected chi connectivity index (χ3v) is 3.56. The minimum absolute atomic E-state index is 0.589. The van der Waals surface area contributed by atoms with Crippen molar-refractivity contribution in [1.29, 1.82) is 0 Å². The van der Waals surface area contributed by atoms with E-state index in [0.29, 0.717) is 0 Å². The second-order valence-electron chi connectivity index (χ2n) is 4.99. The zero-order chi connectivity index (χ0) is 13.9. The number of aliphatic hydroxyl groups is 1. The van der Waals surface area contributed by atoms with E-state index in [1.54, 1.807) is 6.08 Å². The van der Waals surface area contributed by atoms with Crippen LogP contribution in [-0.4, -0.2) is 5.11 Å². The molecule has 0 spiro atoms. The molecule has 0 aliphatic carbocycles. The first-order valence-electron chi connectivity index (χ1n) is 7.33. The fraction of sp³-hybridized carbons (Fsp3) is 0.529. The number of unbranched alkanes of at least 4 members (excludes halogenated alkanes) is 5. The largest absolute Gasteiger partial charge is 0.384 e. The maximum absolute atomic E-state index is 10.0. The van der Waals surface area contributed by atoms with Crippen LogP contribution in [0.15, 0.2) is 41.4 Å². The summed E-state index contributed by atoms with van der Waals surface area (Å²) < 4.78 is 0. The molecule has 0 heterocycles. The highest BCUT2D eigenvalue weighted by Gasteiger charge is 2.04. The van der Waals surface area contributed by atoms with Crippen molar-refractivity contribution >= 4 is 11.6 Å². The molecule has 0 aliphatic heterocycles. The van der Waals surface area contributed by atoms with Crippen molar-refractivity contribution in [2.24, 2.45) is 0 Å². The highest BCUT2D eigenvalue weighted by atomic mass is 35.5. The lowest BCUT2D eigenvalue weighted by molar-refractivity contribution is 0.228. The lowest BCUT2D eigenvalue weighted by Gasteiger charge is -2.07. The van der Waals surface area contributed by atoms with Gasteiger partial charge >= 0.3 is 0 Å². The van der Waals surface area contributed by atoms with Gasteiger partial charge in [0.05, 0.1) is 6.10 Å². The number of benzene rings is 1. The van der Waals surface area contributed by atoms with E-state index in [4.69, 9.17) is 11.6 Å². The van der Waals surface area contributed by atoms with Crippen LogP contribution in [0.1, 0.15) is 63.5 Å². The van der Waals surface area contributed by atoms with Crippen LogP contribution in [0.4, 0.5) is 0 Å². The molecule has 0 aromatic heterocycles. The zero-order valence-electron chi connectivity index (χ0n) is 11.8. The lowest BCUT2D eigenvalue weighted by Crippen LogP contribution is -1.93. The van der Waals surface area contributed by atoms with Crippen molar-refractivity contribution in [1.82, 2.24) is 0 Å². The van der Waals surface area contributed by atoms with Gasteiger partial charge in [-0.05, 0) is 24.5 Å². The van der Waals surface area contributed by atoms with E-state index in [1.165, 1.54) is 32.1 Å². The van der Waals surface area contributed by atoms with E-state index in [9.17, 15) is 5.11 Å². The van der Waals surface area contributed by atoms with E-state index in [0.717, 1.165) is 23.4 Å². The van der Waals surface area contributed by atoms with Gasteiger partial charge in [-0.15, -0.1) is 0 Å². The van der Waals surface area contributed by atoms with Gasteiger partial charge in [-0.25, -0.2) is 0 Å². The van der Waals surface area contributed by atoms with Gasteiger partial charge in [0.25, 0.3) is 0 Å². The Labute approximate surface area is 122 Å². The fourth-order valence-electron chi connectivity index (χ4n) is 2.08. The first-order valence-corrected chi connectivity index (χ1v) is 7.71. The smallest absolute Gasteiger partial charge is 0.0985 e. The summed E-state index contributed by atoms with van der Waals surface area (Å²) in [5.74, 6) is 0. The summed E-state index contributed by atoms with van der Waals surface area (Å²) in [7, 11) is 0. The van der Waals surface area contributed by atoms with Gasteiger partial charge in [0.15, 0.2) is 0 Å². The van der Waals surface area contributed by atoms with Crippen molar-refractivity contribution in [3.8, 4) is 0 Å². The van der Waals surface area contributed by atoms with E-state index < -0.39 is 6.10 Å². The van der Waals surface area contributed by atoms with Crippen LogP contribution in [0, 0.1) is 0 Å². The van der Waals surface area contributed by atoms with Gasteiger partial charge < -0.3 is 5.11 Å². The summed E-state index contributed by atoms with van der Waals surface area (Å²) >= 11 is 6.17. The predicted octanol–water partition coefficient (Wildman–Crippen LogP) is 5.59. The summed E-state index contributed by atoms with van der Waals surface area (Å²) in [5.41, 5.74) is 0.892. The van der Waals surface area contributed by atoms with Gasteiger partial charge in [0.1, 0.15) is 0 Å². The third kappa shape index (κ3) is 7.39. The predicted molar refractivity (Wildman–Crippen MR) is 83.3 cm³/mol. The number of hydrogen-bond acceptors (Lipinski definition) is 1. The van der Waals surface area contributed by atoms with Crippen molar-refractivity contribution in [2.75, 3.05) is 0 Å². The molecule has 0 radical (unpaired) electrons. The molecule has 1 N–H and O–H groups in total. The molecule has 106 valence electrons. The van der Waals surface area contributed by atoms with Crippen molar-refractivity contribution in [3.63, 3.8) is 0 Å². The number of rotatable bonds is 9. The van der Waals surface area contributed by atoms with E-state index in [2.05, 4.69) is 6.92 Å². The van der Waals surface area contributed by atoms with Crippen LogP contribution in [0.5, 0.6) is 0 Å². The number of hydrogen-bond donors (Lipinski definition) is 1. The second-order valence-corrected chi connectivity index (χ2v) is 5.47. The molecule has 0 saturated heterocycles. The van der Waals surface area contributed by atoms with Crippen LogP contribution < -0.4 is 0 Å². The summed E-state index contributed by atoms with van der Waals surface area (Å²) in [6.07, 6.45) is 9.60. The second kappa shape index (κ2) is 10.1. The summed E-state index contributed by atoms with van der Waals surface area (Å²) in [6, 6.07) is 9.62. The van der Waals surface area contributed by atoms with Gasteiger partial charge in [0, 0.05) is 5.03 Å². The average Bonchev–Trinajstić information content (AvgIpc) is 2.43. The Morgan fingerprint density at radius 3 is 2.42 bits per heavy atom. The topological polar surface area (TPSA) is 20.2 Å². The summed E-state index contributed by atoms with van der Waals surface area (Å²) in [4.78, 5) is 0. The van der Waals surface area contributed by atoms with Gasteiger partial charge in [-0.1, -0.05) is 81.0 Å². The molecule has 2 heteroatoms. The van der Waals surface area contributed by atoms with Crippen molar-refractivity contribution in [3.05, 3.63) is 47.0 Å². The molecular formula is C17H25ClO. The van der Waals surface area contributed by atoms with E-state index >= 15 is 0 Å². The molecule has 1 atom stereocenters. The minimum atomic E-state index is -0.589. The monoisotopic (exact) mass is 280 g/mol. The van der Waals surface area contributed by atoms with Gasteiger partial charge in [0.2, 0.25) is 0 Å². The molecule has 0 saturated carbocycles. The molecule has 19 heavy (non-hydrogen) atoms. The van der Waals surface area contributed by atoms with Crippen LogP contribution in [0.25, 0.3) is 0 Å². The Hall–Kier alpha value is -0.790. The summed E-state index contributed by atoms with van der Waals surface area (Å²) in [5, 5.41) is 10.8. The van der Waals surface area contributed by atoms with Crippen LogP contribution in [0.3, 0.4) is 0 Å². The molecule has 1 unspecified atom stereocenters. The SMILES string of the molecule is CCCCCCCC/C(Cl)=C/C(O)c1ccccc1. The third-order valence-electron chi connectivity index (χ3n) is 3.25. The normalized spacial score (nSPS) is 13.5. The highest BCUT2D eigenvalue weighted by molar-refractivity contribution is 6.29. The maximum atomic E-state index is 10.0. The van der Waals surface area contributed by atoms with E-state index in [1.807, 2.05) is 30.3 Å². The molecule has 0 bridgehead atoms. The Morgan fingerprint density at radius 1 is 1.11 bits per heavy atom. The minimum Gasteiger partial charge on any atom is -0.384 e. The van der Waals surface area contributed by atoms with Crippen LogP contribution in [-0.2, 0) is 0 Å². The molecule has 0 amide bonds. The first kappa shape index (κ1) is 16.3. The fourth-order valence-corrected chi connectivity index (χ4v) is 2.33. The van der Waals surface area contributed by atoms with Crippen LogP contribution >= 0.6 is 11.6 Å². The Kier molecular flexibility index (Phi) is 8.61. The molecule has 0 fully saturated rings. The molecule has 0 aliphatic rings. The molecule has 1 nitrogen and oxygen atoms in total. The molecule has 1 aromatic carbocycles. The Balaban J connectivity index is 2.25. The average molecular weight is 281 g/mol. The number of allylic oxidation sites excluding steroid dienone is 1. The van der Waals surface area contributed by atoms with Gasteiger partial charge in [-0.2, -0.15) is 0 Å². The molecule has 1 rings (SSSR count). The van der Waals surface area contributed by atoms with Crippen LogP contribution in [0.2, 0.25) is 0 Å². The maximum Gasteiger partial charge on any atom is 0.0985 e. The van der Waals surface area contributed by atoms with Gasteiger partial charge in [-0.3, -0.25) is 0 Å². The lowest BCUT2D eigenvalue weighted by atomic mass is 10.1. The number of aliphatic hydroxyl groups excluding tert-OH is 1. The Bertz CT molecular complexity index is 359. The summed E-state index contributed by atoms with van der Waals surface area (Å²) in [6.45, 7) is 2.23. The number of halogens is 1. The van der Waals surface area contributed by atoms with Crippen molar-refractivity contribution < 1.29 is 5.11 Å². The van der Waals surface area contributed by atoms with E-state index in [-0.39, 0.29) is 0 Å². The highest BCUT2D eigenvalue weighted by Crippen LogP contribution is 2.21. The quantitative estimate of drug-likeness (QED) is 0.584. The first-order chi connectivity index (χ1) is 9.24. The zero-order valence-corrected chi connectivity index (χ0v) is 12.6. The molecule has 1 aromatic rings. The Morgan fingerprint density at radius 2 is 1.74 bits per heavy atom. The standard InChI is InChI=1S/C17H25ClO/c1-2-3-4-5-6-10-13-16(18)14-17(19)15-11-8-7-9-12-15/h7-9,11-12,14,17,19H,2-6,10,13H2,1H3/b16-14-. The molecular weight excluding hydrogens is 256 g/mol. The van der Waals surface area contributed by atoms with Crippen molar-refractivity contribution in [2.45, 2.75) is 58.0 Å².